The van der Waals surface area contributed by atoms with Crippen LogP contribution in [0.2, 0.25) is 0 Å². The molecule has 0 aliphatic rings. The predicted octanol–water partition coefficient (Wildman–Crippen LogP) is 3.42. The second kappa shape index (κ2) is 9.78. The number of nitrogens with zero attached hydrogens (tertiary/aromatic N) is 1. The average Bonchev–Trinajstić information content (AvgIpc) is 2.76. The molecule has 7 nitrogen and oxygen atoms in total. The maximum Gasteiger partial charge on any atom is 0.338 e. The Kier molecular flexibility index (Phi) is 7.66. The summed E-state index contributed by atoms with van der Waals surface area (Å²) in [5.41, 5.74) is 1.61. The molecule has 0 bridgehead atoms. The van der Waals surface area contributed by atoms with Crippen LogP contribution in [-0.2, 0) is 19.6 Å². The van der Waals surface area contributed by atoms with Crippen molar-refractivity contribution in [1.82, 2.24) is 4.47 Å². The second-order valence-electron chi connectivity index (χ2n) is 6.56. The van der Waals surface area contributed by atoms with Crippen molar-refractivity contribution in [2.45, 2.75) is 31.1 Å². The summed E-state index contributed by atoms with van der Waals surface area (Å²) >= 11 is 0. The summed E-state index contributed by atoms with van der Waals surface area (Å²) in [5.74, 6) is -0.721. The van der Waals surface area contributed by atoms with Crippen LogP contribution < -0.4 is 0 Å². The quantitative estimate of drug-likeness (QED) is 0.351. The molecule has 2 aromatic carbocycles. The number of benzene rings is 2. The normalized spacial score (nSPS) is 12.6. The number of ketones is 1. The Labute approximate surface area is 171 Å². The number of ether oxygens (including phenoxy) is 1. The first-order valence-corrected chi connectivity index (χ1v) is 10.6. The largest absolute Gasteiger partial charge is 0.454 e. The fraction of sp³-hybridized carbons (Fsp3) is 0.333. The Balaban J connectivity index is 2.06. The van der Waals surface area contributed by atoms with E-state index in [2.05, 4.69) is 13.8 Å². The number of esters is 1. The molecule has 2 aromatic rings. The molecule has 29 heavy (non-hydrogen) atoms. The molecule has 0 radical (unpaired) electrons. The average molecular weight is 419 g/mol. The summed E-state index contributed by atoms with van der Waals surface area (Å²) in [4.78, 5) is 29.1. The highest BCUT2D eigenvalue weighted by Gasteiger charge is 2.22. The molecule has 1 atom stereocenters. The van der Waals surface area contributed by atoms with E-state index in [-0.39, 0.29) is 16.2 Å². The van der Waals surface area contributed by atoms with Crippen molar-refractivity contribution < 1.29 is 27.6 Å². The van der Waals surface area contributed by atoms with Gasteiger partial charge in [0, 0.05) is 12.6 Å². The van der Waals surface area contributed by atoms with Crippen LogP contribution in [0.4, 0.5) is 0 Å². The van der Waals surface area contributed by atoms with E-state index >= 15 is 0 Å². The maximum absolute atomic E-state index is 12.3. The molecule has 2 rings (SSSR count). The molecular formula is C21H25NO6S. The van der Waals surface area contributed by atoms with Crippen LogP contribution in [0.25, 0.3) is 0 Å². The predicted molar refractivity (Wildman–Crippen MR) is 108 cm³/mol. The second-order valence-corrected chi connectivity index (χ2v) is 8.49. The van der Waals surface area contributed by atoms with Crippen molar-refractivity contribution in [3.05, 3.63) is 65.2 Å². The first-order valence-electron chi connectivity index (χ1n) is 9.14. The first kappa shape index (κ1) is 22.7. The van der Waals surface area contributed by atoms with Gasteiger partial charge < -0.3 is 4.74 Å². The van der Waals surface area contributed by atoms with E-state index in [0.29, 0.717) is 15.9 Å². The summed E-state index contributed by atoms with van der Waals surface area (Å²) in [5, 5.41) is 0. The van der Waals surface area contributed by atoms with Crippen molar-refractivity contribution in [3.8, 4) is 0 Å². The molecule has 0 saturated heterocycles. The van der Waals surface area contributed by atoms with E-state index in [0.717, 1.165) is 12.0 Å². The molecule has 0 spiro atoms. The molecule has 156 valence electrons. The summed E-state index contributed by atoms with van der Waals surface area (Å²) in [6, 6.07) is 12.6. The topological polar surface area (TPSA) is 90.0 Å². The van der Waals surface area contributed by atoms with Gasteiger partial charge in [-0.25, -0.2) is 13.2 Å². The van der Waals surface area contributed by atoms with E-state index < -0.39 is 22.6 Å². The van der Waals surface area contributed by atoms with Gasteiger partial charge in [-0.1, -0.05) is 48.6 Å². The van der Waals surface area contributed by atoms with Crippen LogP contribution in [-0.4, -0.2) is 45.4 Å². The van der Waals surface area contributed by atoms with E-state index in [9.17, 15) is 18.0 Å². The Bertz CT molecular complexity index is 969. The lowest BCUT2D eigenvalue weighted by atomic mass is 9.97. The molecule has 0 fully saturated rings. The Hall–Kier alpha value is -2.55. The lowest BCUT2D eigenvalue weighted by Crippen LogP contribution is -2.26. The molecular weight excluding hydrogens is 394 g/mol. The number of carbonyl (C=O) groups excluding carboxylic acids is 2. The Morgan fingerprint density at radius 3 is 2.31 bits per heavy atom. The molecule has 0 aliphatic carbocycles. The van der Waals surface area contributed by atoms with Gasteiger partial charge in [-0.3, -0.25) is 9.63 Å². The molecule has 0 heterocycles. The van der Waals surface area contributed by atoms with Gasteiger partial charge in [0.2, 0.25) is 0 Å². The molecule has 0 unspecified atom stereocenters. The van der Waals surface area contributed by atoms with Crippen molar-refractivity contribution in [2.75, 3.05) is 20.8 Å². The monoisotopic (exact) mass is 419 g/mol. The number of sulfonamides is 1. The smallest absolute Gasteiger partial charge is 0.338 e. The number of rotatable bonds is 9. The molecule has 0 aliphatic heterocycles. The number of carbonyl (C=O) groups is 2. The van der Waals surface area contributed by atoms with E-state index in [4.69, 9.17) is 9.57 Å². The van der Waals surface area contributed by atoms with Crippen LogP contribution in [0.1, 0.15) is 52.5 Å². The van der Waals surface area contributed by atoms with Crippen LogP contribution in [0.15, 0.2) is 53.4 Å². The molecule has 0 N–H and O–H groups in total. The highest BCUT2D eigenvalue weighted by molar-refractivity contribution is 7.89. The van der Waals surface area contributed by atoms with E-state index in [1.54, 1.807) is 12.1 Å². The van der Waals surface area contributed by atoms with Gasteiger partial charge in [0.1, 0.15) is 0 Å². The van der Waals surface area contributed by atoms with Crippen LogP contribution in [0, 0.1) is 0 Å². The molecule has 0 saturated carbocycles. The van der Waals surface area contributed by atoms with Crippen molar-refractivity contribution in [3.63, 3.8) is 0 Å². The summed E-state index contributed by atoms with van der Waals surface area (Å²) in [6.07, 6.45) is 1.000. The van der Waals surface area contributed by atoms with Crippen LogP contribution in [0.5, 0.6) is 0 Å². The fourth-order valence-electron chi connectivity index (χ4n) is 2.56. The van der Waals surface area contributed by atoms with Gasteiger partial charge in [-0.15, -0.1) is 0 Å². The maximum atomic E-state index is 12.3. The third-order valence-electron chi connectivity index (χ3n) is 4.71. The number of hydroxylamine groups is 1. The zero-order valence-corrected chi connectivity index (χ0v) is 17.7. The minimum atomic E-state index is -3.90. The van der Waals surface area contributed by atoms with Crippen LogP contribution in [0.3, 0.4) is 0 Å². The van der Waals surface area contributed by atoms with Crippen molar-refractivity contribution >= 4 is 21.8 Å². The fourth-order valence-corrected chi connectivity index (χ4v) is 3.58. The molecule has 8 heteroatoms. The molecule has 0 aromatic heterocycles. The summed E-state index contributed by atoms with van der Waals surface area (Å²) in [7, 11) is -1.44. The van der Waals surface area contributed by atoms with Gasteiger partial charge in [0.15, 0.2) is 12.4 Å². The highest BCUT2D eigenvalue weighted by atomic mass is 32.2. The standard InChI is InChI=1S/C21H25NO6S/c1-5-15(2)16-9-11-17(12-10-16)20(23)14-28-21(24)18-7-6-8-19(13-18)29(25,26)22(3)27-4/h6-13,15H,5,14H2,1-4H3/t15-/m0/s1. The van der Waals surface area contributed by atoms with Crippen LogP contribution >= 0.6 is 0 Å². The Morgan fingerprint density at radius 1 is 1.07 bits per heavy atom. The lowest BCUT2D eigenvalue weighted by molar-refractivity contribution is -0.0258. The Morgan fingerprint density at radius 2 is 1.72 bits per heavy atom. The van der Waals surface area contributed by atoms with Gasteiger partial charge in [0.25, 0.3) is 10.0 Å². The lowest BCUT2D eigenvalue weighted by Gasteiger charge is -2.14. The van der Waals surface area contributed by atoms with E-state index in [1.807, 2.05) is 12.1 Å². The zero-order chi connectivity index (χ0) is 21.6. The number of Topliss-reactive ketones (excluding diaryl/α,β-unsaturated/α-hetero) is 1. The zero-order valence-electron chi connectivity index (χ0n) is 16.9. The number of hydrogen-bond donors (Lipinski definition) is 0. The first-order chi connectivity index (χ1) is 13.7. The third-order valence-corrected chi connectivity index (χ3v) is 6.39. The SMILES string of the molecule is CC[C@H](C)c1ccc(C(=O)COC(=O)c2cccc(S(=O)(=O)N(C)OC)c2)cc1. The molecule has 0 amide bonds. The van der Waals surface area contributed by atoms with E-state index in [1.165, 1.54) is 38.4 Å². The summed E-state index contributed by atoms with van der Waals surface area (Å²) < 4.78 is 30.3. The van der Waals surface area contributed by atoms with Gasteiger partial charge >= 0.3 is 5.97 Å². The van der Waals surface area contributed by atoms with Crippen molar-refractivity contribution in [1.29, 1.82) is 0 Å². The van der Waals surface area contributed by atoms with Gasteiger partial charge in [-0.2, -0.15) is 0 Å². The van der Waals surface area contributed by atoms with Crippen molar-refractivity contribution in [2.24, 2.45) is 0 Å². The van der Waals surface area contributed by atoms with Gasteiger partial charge in [0.05, 0.1) is 17.6 Å². The minimum absolute atomic E-state index is 0.0236. The minimum Gasteiger partial charge on any atom is -0.454 e. The highest BCUT2D eigenvalue weighted by Crippen LogP contribution is 2.19. The van der Waals surface area contributed by atoms with Gasteiger partial charge in [-0.05, 0) is 36.1 Å². The third kappa shape index (κ3) is 5.50. The number of hydrogen-bond acceptors (Lipinski definition) is 6. The summed E-state index contributed by atoms with van der Waals surface area (Å²) in [6.45, 7) is 3.77.